The van der Waals surface area contributed by atoms with Crippen molar-refractivity contribution in [3.63, 3.8) is 0 Å². The minimum absolute atomic E-state index is 0.0272. The molecule has 1 aromatic carbocycles. The second kappa shape index (κ2) is 9.36. The molecule has 0 saturated carbocycles. The van der Waals surface area contributed by atoms with Gasteiger partial charge in [0.2, 0.25) is 5.88 Å². The molecule has 3 aromatic heterocycles. The van der Waals surface area contributed by atoms with E-state index in [2.05, 4.69) is 39.3 Å². The lowest BCUT2D eigenvalue weighted by Gasteiger charge is -2.24. The zero-order valence-electron chi connectivity index (χ0n) is 19.4. The zero-order chi connectivity index (χ0) is 23.5. The summed E-state index contributed by atoms with van der Waals surface area (Å²) in [7, 11) is 1.59. The summed E-state index contributed by atoms with van der Waals surface area (Å²) in [6.07, 6.45) is 3.64. The van der Waals surface area contributed by atoms with Gasteiger partial charge in [0.05, 0.1) is 30.9 Å². The van der Waals surface area contributed by atoms with E-state index in [1.165, 1.54) is 12.1 Å². The van der Waals surface area contributed by atoms with Gasteiger partial charge in [-0.25, -0.2) is 14.4 Å². The minimum Gasteiger partial charge on any atom is -0.479 e. The van der Waals surface area contributed by atoms with Gasteiger partial charge in [-0.2, -0.15) is 0 Å². The van der Waals surface area contributed by atoms with Crippen LogP contribution in [-0.2, 0) is 0 Å². The van der Waals surface area contributed by atoms with E-state index in [4.69, 9.17) is 4.74 Å². The Morgan fingerprint density at radius 3 is 2.36 bits per heavy atom. The second-order valence-electron chi connectivity index (χ2n) is 8.33. The molecule has 0 fully saturated rings. The lowest BCUT2D eigenvalue weighted by molar-refractivity contribution is 0.396. The Kier molecular flexibility index (Phi) is 6.35. The van der Waals surface area contributed by atoms with E-state index >= 15 is 0 Å². The standard InChI is InChI=1S/C25H27FN6O/c1-15(2)23(18-6-8-19(26)9-7-18)29-24-16(3)12-21(30-31-24)20-10-11-22(25(28-20)33-5)32-13-17(4)27-14-32/h6-15,23H,1-5H3,(H,29,31)/t23-/m0/s1. The maximum absolute atomic E-state index is 13.4. The number of benzene rings is 1. The van der Waals surface area contributed by atoms with Gasteiger partial charge >= 0.3 is 0 Å². The van der Waals surface area contributed by atoms with E-state index in [0.717, 1.165) is 22.5 Å². The van der Waals surface area contributed by atoms with Crippen molar-refractivity contribution in [3.05, 3.63) is 77.6 Å². The number of pyridine rings is 1. The van der Waals surface area contributed by atoms with Crippen LogP contribution in [0.25, 0.3) is 17.1 Å². The van der Waals surface area contributed by atoms with Crippen molar-refractivity contribution in [3.8, 4) is 23.0 Å². The van der Waals surface area contributed by atoms with E-state index in [9.17, 15) is 4.39 Å². The first-order valence-corrected chi connectivity index (χ1v) is 10.8. The fraction of sp³-hybridized carbons (Fsp3) is 0.280. The van der Waals surface area contributed by atoms with Gasteiger partial charge in [0.25, 0.3) is 0 Å². The van der Waals surface area contributed by atoms with Crippen LogP contribution in [-0.4, -0.2) is 31.8 Å². The van der Waals surface area contributed by atoms with Gasteiger partial charge in [-0.3, -0.25) is 0 Å². The van der Waals surface area contributed by atoms with E-state index in [1.807, 2.05) is 42.8 Å². The highest BCUT2D eigenvalue weighted by Crippen LogP contribution is 2.29. The third-order valence-corrected chi connectivity index (χ3v) is 5.46. The molecule has 0 saturated heterocycles. The molecule has 0 spiro atoms. The van der Waals surface area contributed by atoms with Crippen LogP contribution < -0.4 is 10.1 Å². The van der Waals surface area contributed by atoms with Gasteiger partial charge in [-0.05, 0) is 61.2 Å². The minimum atomic E-state index is -0.251. The lowest BCUT2D eigenvalue weighted by atomic mass is 9.96. The maximum Gasteiger partial charge on any atom is 0.238 e. The Morgan fingerprint density at radius 2 is 1.76 bits per heavy atom. The summed E-state index contributed by atoms with van der Waals surface area (Å²) in [5.74, 6) is 1.17. The van der Waals surface area contributed by atoms with Crippen LogP contribution in [0.4, 0.5) is 10.2 Å². The molecular weight excluding hydrogens is 419 g/mol. The van der Waals surface area contributed by atoms with Gasteiger partial charge in [-0.1, -0.05) is 26.0 Å². The average Bonchev–Trinajstić information content (AvgIpc) is 3.24. The molecular formula is C25H27FN6O. The Bertz CT molecular complexity index is 1250. The first kappa shape index (κ1) is 22.4. The highest BCUT2D eigenvalue weighted by Gasteiger charge is 2.19. The van der Waals surface area contributed by atoms with Crippen molar-refractivity contribution in [1.82, 2.24) is 24.7 Å². The summed E-state index contributed by atoms with van der Waals surface area (Å²) in [5.41, 5.74) is 4.94. The molecule has 170 valence electrons. The molecule has 1 atom stereocenters. The van der Waals surface area contributed by atoms with Gasteiger partial charge < -0.3 is 14.6 Å². The number of nitrogens with one attached hydrogen (secondary N) is 1. The number of hydrogen-bond donors (Lipinski definition) is 1. The summed E-state index contributed by atoms with van der Waals surface area (Å²) < 4.78 is 20.7. The molecule has 1 N–H and O–H groups in total. The number of imidazole rings is 1. The van der Waals surface area contributed by atoms with Crippen LogP contribution in [0.5, 0.6) is 5.88 Å². The first-order valence-electron chi connectivity index (χ1n) is 10.8. The number of aryl methyl sites for hydroxylation is 2. The number of anilines is 1. The van der Waals surface area contributed by atoms with E-state index < -0.39 is 0 Å². The number of hydrogen-bond acceptors (Lipinski definition) is 6. The highest BCUT2D eigenvalue weighted by molar-refractivity contribution is 5.61. The average molecular weight is 447 g/mol. The fourth-order valence-corrected chi connectivity index (χ4v) is 3.68. The van der Waals surface area contributed by atoms with Crippen molar-refractivity contribution in [1.29, 1.82) is 0 Å². The van der Waals surface area contributed by atoms with Crippen LogP contribution in [0.1, 0.15) is 36.7 Å². The van der Waals surface area contributed by atoms with Crippen LogP contribution >= 0.6 is 0 Å². The van der Waals surface area contributed by atoms with Crippen LogP contribution in [0.15, 0.2) is 55.0 Å². The lowest BCUT2D eigenvalue weighted by Crippen LogP contribution is -2.18. The molecule has 7 nitrogen and oxygen atoms in total. The molecule has 4 rings (SSSR count). The van der Waals surface area contributed by atoms with E-state index in [0.29, 0.717) is 23.1 Å². The quantitative estimate of drug-likeness (QED) is 0.415. The van der Waals surface area contributed by atoms with Gasteiger partial charge in [0.15, 0.2) is 5.82 Å². The molecule has 0 radical (unpaired) electrons. The topological polar surface area (TPSA) is 77.8 Å². The number of aromatic nitrogens is 5. The predicted molar refractivity (Wildman–Crippen MR) is 126 cm³/mol. The molecule has 33 heavy (non-hydrogen) atoms. The predicted octanol–water partition coefficient (Wildman–Crippen LogP) is 5.30. The molecule has 0 unspecified atom stereocenters. The molecule has 4 aromatic rings. The third-order valence-electron chi connectivity index (χ3n) is 5.46. The van der Waals surface area contributed by atoms with Crippen LogP contribution in [0.2, 0.25) is 0 Å². The van der Waals surface area contributed by atoms with Gasteiger partial charge in [0.1, 0.15) is 17.2 Å². The molecule has 0 bridgehead atoms. The number of nitrogens with zero attached hydrogens (tertiary/aromatic N) is 5. The van der Waals surface area contributed by atoms with Gasteiger partial charge in [-0.15, -0.1) is 10.2 Å². The Balaban J connectivity index is 1.61. The van der Waals surface area contributed by atoms with Gasteiger partial charge in [0, 0.05) is 6.20 Å². The van der Waals surface area contributed by atoms with E-state index in [1.54, 1.807) is 25.6 Å². The first-order chi connectivity index (χ1) is 15.9. The Hall–Kier alpha value is -3.81. The summed E-state index contributed by atoms with van der Waals surface area (Å²) in [5, 5.41) is 12.3. The normalized spacial score (nSPS) is 12.1. The summed E-state index contributed by atoms with van der Waals surface area (Å²) in [6, 6.07) is 12.3. The monoisotopic (exact) mass is 446 g/mol. The van der Waals surface area contributed by atoms with Crippen molar-refractivity contribution in [2.24, 2.45) is 5.92 Å². The Morgan fingerprint density at radius 1 is 1.00 bits per heavy atom. The molecule has 0 aliphatic rings. The molecule has 0 aliphatic heterocycles. The fourth-order valence-electron chi connectivity index (χ4n) is 3.68. The number of ether oxygens (including phenoxy) is 1. The summed E-state index contributed by atoms with van der Waals surface area (Å²) in [6.45, 7) is 8.12. The molecule has 0 amide bonds. The van der Waals surface area contributed by atoms with Crippen molar-refractivity contribution < 1.29 is 9.13 Å². The van der Waals surface area contributed by atoms with Crippen molar-refractivity contribution in [2.75, 3.05) is 12.4 Å². The molecule has 0 aliphatic carbocycles. The number of methoxy groups -OCH3 is 1. The number of rotatable bonds is 7. The molecule has 8 heteroatoms. The van der Waals surface area contributed by atoms with Crippen molar-refractivity contribution >= 4 is 5.82 Å². The second-order valence-corrected chi connectivity index (χ2v) is 8.33. The van der Waals surface area contributed by atoms with Crippen LogP contribution in [0, 0.1) is 25.6 Å². The van der Waals surface area contributed by atoms with E-state index in [-0.39, 0.29) is 17.8 Å². The Labute approximate surface area is 192 Å². The summed E-state index contributed by atoms with van der Waals surface area (Å²) in [4.78, 5) is 8.90. The highest BCUT2D eigenvalue weighted by atomic mass is 19.1. The summed E-state index contributed by atoms with van der Waals surface area (Å²) >= 11 is 0. The largest absolute Gasteiger partial charge is 0.479 e. The third kappa shape index (κ3) is 4.84. The SMILES string of the molecule is COc1nc(-c2cc(C)c(N[C@H](c3ccc(F)cc3)C(C)C)nn2)ccc1-n1cnc(C)c1. The maximum atomic E-state index is 13.4. The van der Waals surface area contributed by atoms with Crippen molar-refractivity contribution in [2.45, 2.75) is 33.7 Å². The number of halogens is 1. The zero-order valence-corrected chi connectivity index (χ0v) is 19.4. The van der Waals surface area contributed by atoms with Crippen LogP contribution in [0.3, 0.4) is 0 Å². The smallest absolute Gasteiger partial charge is 0.238 e. The molecule has 3 heterocycles.